The van der Waals surface area contributed by atoms with E-state index in [-0.39, 0.29) is 11.6 Å². The van der Waals surface area contributed by atoms with Crippen LogP contribution >= 0.6 is 11.6 Å². The Hall–Kier alpha value is -3.06. The molecule has 0 unspecified atom stereocenters. The summed E-state index contributed by atoms with van der Waals surface area (Å²) < 4.78 is 12.5. The molecule has 0 saturated carbocycles. The van der Waals surface area contributed by atoms with Crippen molar-refractivity contribution in [3.05, 3.63) is 59.4 Å². The molecular formula is C17H13ClN4O3. The summed E-state index contributed by atoms with van der Waals surface area (Å²) in [6.07, 6.45) is 1.55. The van der Waals surface area contributed by atoms with Crippen LogP contribution in [0.15, 0.2) is 48.7 Å². The topological polar surface area (TPSA) is 78.3 Å². The van der Waals surface area contributed by atoms with E-state index in [1.807, 2.05) is 6.07 Å². The van der Waals surface area contributed by atoms with Gasteiger partial charge < -0.3 is 14.8 Å². The Bertz CT molecular complexity index is 941. The van der Waals surface area contributed by atoms with E-state index in [1.165, 1.54) is 4.68 Å². The van der Waals surface area contributed by atoms with Gasteiger partial charge >= 0.3 is 0 Å². The van der Waals surface area contributed by atoms with E-state index >= 15 is 0 Å². The predicted octanol–water partition coefficient (Wildman–Crippen LogP) is 2.94. The van der Waals surface area contributed by atoms with E-state index in [2.05, 4.69) is 15.6 Å². The molecule has 3 aromatic rings. The zero-order valence-corrected chi connectivity index (χ0v) is 13.7. The number of halogens is 1. The summed E-state index contributed by atoms with van der Waals surface area (Å²) in [5.74, 6) is 0.962. The van der Waals surface area contributed by atoms with E-state index in [4.69, 9.17) is 21.1 Å². The molecule has 1 aromatic heterocycles. The fourth-order valence-corrected chi connectivity index (χ4v) is 2.62. The quantitative estimate of drug-likeness (QED) is 0.780. The summed E-state index contributed by atoms with van der Waals surface area (Å²) in [6.45, 7) is 1.03. The smallest absolute Gasteiger partial charge is 0.277 e. The van der Waals surface area contributed by atoms with Crippen molar-refractivity contribution in [2.75, 3.05) is 18.5 Å². The van der Waals surface area contributed by atoms with Crippen LogP contribution in [0.25, 0.3) is 5.69 Å². The molecule has 0 radical (unpaired) electrons. The minimum absolute atomic E-state index is 0.190. The van der Waals surface area contributed by atoms with Crippen LogP contribution in [0.5, 0.6) is 11.5 Å². The maximum absolute atomic E-state index is 12.3. The number of hydrogen-bond donors (Lipinski definition) is 1. The summed E-state index contributed by atoms with van der Waals surface area (Å²) in [4.78, 5) is 12.3. The molecule has 7 nitrogen and oxygen atoms in total. The zero-order valence-electron chi connectivity index (χ0n) is 13.0. The van der Waals surface area contributed by atoms with Crippen molar-refractivity contribution >= 4 is 23.2 Å². The summed E-state index contributed by atoms with van der Waals surface area (Å²) in [5.41, 5.74) is 1.50. The first-order valence-electron chi connectivity index (χ1n) is 7.58. The van der Waals surface area contributed by atoms with Gasteiger partial charge in [-0.25, -0.2) is 4.68 Å². The molecule has 1 aliphatic rings. The van der Waals surface area contributed by atoms with Gasteiger partial charge in [0.2, 0.25) is 0 Å². The molecule has 25 heavy (non-hydrogen) atoms. The first-order chi connectivity index (χ1) is 12.2. The number of hydrogen-bond acceptors (Lipinski definition) is 5. The Morgan fingerprint density at radius 2 is 1.96 bits per heavy atom. The highest BCUT2D eigenvalue weighted by Crippen LogP contribution is 2.31. The first-order valence-corrected chi connectivity index (χ1v) is 7.96. The summed E-state index contributed by atoms with van der Waals surface area (Å²) in [6, 6.07) is 12.3. The van der Waals surface area contributed by atoms with Crippen LogP contribution in [0.2, 0.25) is 5.02 Å². The molecule has 126 valence electrons. The molecule has 0 spiro atoms. The molecule has 1 amide bonds. The highest BCUT2D eigenvalue weighted by Gasteiger charge is 2.15. The number of amides is 1. The molecule has 0 fully saturated rings. The molecule has 0 saturated heterocycles. The number of fused-ring (bicyclic) bond motifs is 1. The minimum atomic E-state index is -0.369. The van der Waals surface area contributed by atoms with Gasteiger partial charge in [0.05, 0.1) is 11.9 Å². The van der Waals surface area contributed by atoms with Gasteiger partial charge in [-0.05, 0) is 30.3 Å². The highest BCUT2D eigenvalue weighted by molar-refractivity contribution is 6.30. The maximum Gasteiger partial charge on any atom is 0.277 e. The molecule has 8 heteroatoms. The first kappa shape index (κ1) is 15.5. The SMILES string of the molecule is O=C(Nc1cccc(Cl)c1)c1cn(-c2ccc3c(c2)OCCO3)nn1. The van der Waals surface area contributed by atoms with Crippen molar-refractivity contribution in [1.82, 2.24) is 15.0 Å². The Morgan fingerprint density at radius 1 is 1.12 bits per heavy atom. The second kappa shape index (κ2) is 6.45. The summed E-state index contributed by atoms with van der Waals surface area (Å²) in [5, 5.41) is 11.2. The Labute approximate surface area is 148 Å². The van der Waals surface area contributed by atoms with Crippen LogP contribution in [0.1, 0.15) is 10.5 Å². The number of ether oxygens (including phenoxy) is 2. The number of anilines is 1. The largest absolute Gasteiger partial charge is 0.486 e. The number of rotatable bonds is 3. The molecule has 4 rings (SSSR count). The third-order valence-corrected chi connectivity index (χ3v) is 3.83. The molecule has 0 aliphatic carbocycles. The van der Waals surface area contributed by atoms with Crippen LogP contribution in [0, 0.1) is 0 Å². The number of benzene rings is 2. The zero-order chi connectivity index (χ0) is 17.2. The van der Waals surface area contributed by atoms with Gasteiger partial charge in [0, 0.05) is 16.8 Å². The minimum Gasteiger partial charge on any atom is -0.486 e. The van der Waals surface area contributed by atoms with Crippen molar-refractivity contribution < 1.29 is 14.3 Å². The standard InChI is InChI=1S/C17H13ClN4O3/c18-11-2-1-3-12(8-11)19-17(23)14-10-22(21-20-14)13-4-5-15-16(9-13)25-7-6-24-15/h1-5,8-10H,6-7H2,(H,19,23). The number of nitrogens with one attached hydrogen (secondary N) is 1. The number of aromatic nitrogens is 3. The Morgan fingerprint density at radius 3 is 2.80 bits per heavy atom. The molecule has 0 bridgehead atoms. The Balaban J connectivity index is 1.54. The van der Waals surface area contributed by atoms with Crippen molar-refractivity contribution in [1.29, 1.82) is 0 Å². The third kappa shape index (κ3) is 3.27. The average Bonchev–Trinajstić information content (AvgIpc) is 3.12. The molecule has 2 heterocycles. The maximum atomic E-state index is 12.3. The number of nitrogens with zero attached hydrogens (tertiary/aromatic N) is 3. The molecule has 1 N–H and O–H groups in total. The van der Waals surface area contributed by atoms with Gasteiger partial charge in [-0.3, -0.25) is 4.79 Å². The lowest BCUT2D eigenvalue weighted by Gasteiger charge is -2.18. The van der Waals surface area contributed by atoms with Crippen LogP contribution < -0.4 is 14.8 Å². The lowest BCUT2D eigenvalue weighted by Crippen LogP contribution is -2.15. The van der Waals surface area contributed by atoms with E-state index in [0.29, 0.717) is 35.4 Å². The fraction of sp³-hybridized carbons (Fsp3) is 0.118. The van der Waals surface area contributed by atoms with Crippen molar-refractivity contribution in [2.24, 2.45) is 0 Å². The molecular weight excluding hydrogens is 344 g/mol. The van der Waals surface area contributed by atoms with Crippen LogP contribution in [0.4, 0.5) is 5.69 Å². The fourth-order valence-electron chi connectivity index (χ4n) is 2.43. The van der Waals surface area contributed by atoms with Gasteiger partial charge in [0.1, 0.15) is 13.2 Å². The Kier molecular flexibility index (Phi) is 3.99. The van der Waals surface area contributed by atoms with Crippen molar-refractivity contribution in [3.63, 3.8) is 0 Å². The monoisotopic (exact) mass is 356 g/mol. The molecule has 1 aliphatic heterocycles. The third-order valence-electron chi connectivity index (χ3n) is 3.60. The average molecular weight is 357 g/mol. The second-order valence-electron chi connectivity index (χ2n) is 5.34. The lowest BCUT2D eigenvalue weighted by atomic mass is 10.2. The summed E-state index contributed by atoms with van der Waals surface area (Å²) >= 11 is 5.91. The normalized spacial score (nSPS) is 12.7. The molecule has 0 atom stereocenters. The van der Waals surface area contributed by atoms with Gasteiger partial charge in [-0.15, -0.1) is 5.10 Å². The number of carbonyl (C=O) groups is 1. The highest BCUT2D eigenvalue weighted by atomic mass is 35.5. The number of carbonyl (C=O) groups excluding carboxylic acids is 1. The van der Waals surface area contributed by atoms with Gasteiger partial charge in [-0.1, -0.05) is 22.9 Å². The van der Waals surface area contributed by atoms with Gasteiger partial charge in [0.25, 0.3) is 5.91 Å². The van der Waals surface area contributed by atoms with E-state index < -0.39 is 0 Å². The van der Waals surface area contributed by atoms with Crippen molar-refractivity contribution in [3.8, 4) is 17.2 Å². The van der Waals surface area contributed by atoms with Gasteiger partial charge in [-0.2, -0.15) is 0 Å². The molecule has 2 aromatic carbocycles. The van der Waals surface area contributed by atoms with Gasteiger partial charge in [0.15, 0.2) is 17.2 Å². The lowest BCUT2D eigenvalue weighted by molar-refractivity contribution is 0.102. The van der Waals surface area contributed by atoms with Crippen molar-refractivity contribution in [2.45, 2.75) is 0 Å². The van der Waals surface area contributed by atoms with Crippen LogP contribution in [-0.4, -0.2) is 34.1 Å². The van der Waals surface area contributed by atoms with E-state index in [9.17, 15) is 4.79 Å². The van der Waals surface area contributed by atoms with Crippen LogP contribution in [0.3, 0.4) is 0 Å². The van der Waals surface area contributed by atoms with E-state index in [1.54, 1.807) is 42.6 Å². The summed E-state index contributed by atoms with van der Waals surface area (Å²) in [7, 11) is 0. The van der Waals surface area contributed by atoms with E-state index in [0.717, 1.165) is 5.69 Å². The predicted molar refractivity (Wildman–Crippen MR) is 91.8 cm³/mol. The van der Waals surface area contributed by atoms with Crippen LogP contribution in [-0.2, 0) is 0 Å². The second-order valence-corrected chi connectivity index (χ2v) is 5.78.